The monoisotopic (exact) mass is 369 g/mol. The first kappa shape index (κ1) is 15.3. The number of nitrogens with zero attached hydrogens (tertiary/aromatic N) is 5. The number of hydrogen-bond acceptors (Lipinski definition) is 7. The third kappa shape index (κ3) is 2.25. The Morgan fingerprint density at radius 2 is 2.12 bits per heavy atom. The minimum Gasteiger partial charge on any atom is -0.352 e. The van der Waals surface area contributed by atoms with E-state index >= 15 is 0 Å². The first-order valence-electron chi connectivity index (χ1n) is 8.28. The maximum atomic E-state index is 12.3. The molecule has 5 rings (SSSR count). The summed E-state index contributed by atoms with van der Waals surface area (Å²) in [5.74, 6) is 1.14. The molecule has 3 aromatic rings. The lowest BCUT2D eigenvalue weighted by atomic mass is 9.89. The molecule has 0 aromatic carbocycles. The van der Waals surface area contributed by atoms with Crippen LogP contribution >= 0.6 is 11.3 Å². The van der Waals surface area contributed by atoms with Gasteiger partial charge in [-0.05, 0) is 36.4 Å². The first-order chi connectivity index (χ1) is 12.6. The molecule has 1 spiro atoms. The van der Waals surface area contributed by atoms with Crippen molar-refractivity contribution in [1.82, 2.24) is 30.4 Å². The van der Waals surface area contributed by atoms with Crippen LogP contribution in [0.2, 0.25) is 0 Å². The third-order valence-electron chi connectivity index (χ3n) is 4.86. The predicted octanol–water partition coefficient (Wildman–Crippen LogP) is 1.03. The molecule has 1 atom stereocenters. The van der Waals surface area contributed by atoms with Crippen LogP contribution in [-0.2, 0) is 4.79 Å². The maximum absolute atomic E-state index is 12.3. The highest BCUT2D eigenvalue weighted by atomic mass is 32.1. The molecule has 0 bridgehead atoms. The SMILES string of the molecule is O=C1NC(=O)C2(CCCN(c3ccc4nnc(-c5ccsc5)n4n3)C2)N1. The Morgan fingerprint density at radius 3 is 2.88 bits per heavy atom. The second-order valence-corrected chi connectivity index (χ2v) is 7.29. The molecule has 3 aromatic heterocycles. The molecule has 5 heterocycles. The van der Waals surface area contributed by atoms with E-state index in [0.29, 0.717) is 24.4 Å². The van der Waals surface area contributed by atoms with Gasteiger partial charge in [-0.1, -0.05) is 0 Å². The molecule has 0 aliphatic carbocycles. The molecule has 1 unspecified atom stereocenters. The fourth-order valence-corrected chi connectivity index (χ4v) is 4.22. The van der Waals surface area contributed by atoms with Gasteiger partial charge in [0.2, 0.25) is 0 Å². The fraction of sp³-hybridized carbons (Fsp3) is 0.312. The van der Waals surface area contributed by atoms with Crippen LogP contribution in [0, 0.1) is 0 Å². The zero-order valence-corrected chi connectivity index (χ0v) is 14.5. The summed E-state index contributed by atoms with van der Waals surface area (Å²) in [5, 5.41) is 22.2. The average Bonchev–Trinajstić information content (AvgIpc) is 3.34. The van der Waals surface area contributed by atoms with Crippen molar-refractivity contribution in [2.45, 2.75) is 18.4 Å². The van der Waals surface area contributed by atoms with Gasteiger partial charge in [0.05, 0.1) is 6.54 Å². The predicted molar refractivity (Wildman–Crippen MR) is 94.9 cm³/mol. The molecule has 2 aliphatic rings. The van der Waals surface area contributed by atoms with Crippen molar-refractivity contribution in [3.05, 3.63) is 29.0 Å². The van der Waals surface area contributed by atoms with Crippen LogP contribution in [0.25, 0.3) is 17.0 Å². The van der Waals surface area contributed by atoms with Crippen molar-refractivity contribution in [3.8, 4) is 11.4 Å². The second-order valence-electron chi connectivity index (χ2n) is 6.51. The fourth-order valence-electron chi connectivity index (χ4n) is 3.59. The molecule has 132 valence electrons. The van der Waals surface area contributed by atoms with Crippen molar-refractivity contribution in [3.63, 3.8) is 0 Å². The van der Waals surface area contributed by atoms with Crippen LogP contribution in [0.4, 0.5) is 10.6 Å². The van der Waals surface area contributed by atoms with E-state index in [-0.39, 0.29) is 5.91 Å². The van der Waals surface area contributed by atoms with Crippen molar-refractivity contribution in [2.75, 3.05) is 18.0 Å². The first-order valence-corrected chi connectivity index (χ1v) is 9.23. The van der Waals surface area contributed by atoms with E-state index in [2.05, 4.69) is 20.8 Å². The van der Waals surface area contributed by atoms with Gasteiger partial charge in [-0.3, -0.25) is 10.1 Å². The van der Waals surface area contributed by atoms with Crippen LogP contribution in [0.5, 0.6) is 0 Å². The lowest BCUT2D eigenvalue weighted by Gasteiger charge is -2.38. The number of anilines is 1. The third-order valence-corrected chi connectivity index (χ3v) is 5.54. The Bertz CT molecular complexity index is 1010. The number of carbonyl (C=O) groups is 2. The van der Waals surface area contributed by atoms with Gasteiger partial charge in [-0.2, -0.15) is 15.9 Å². The lowest BCUT2D eigenvalue weighted by molar-refractivity contribution is -0.124. The van der Waals surface area contributed by atoms with E-state index in [1.54, 1.807) is 15.9 Å². The van der Waals surface area contributed by atoms with Crippen molar-refractivity contribution in [1.29, 1.82) is 0 Å². The summed E-state index contributed by atoms with van der Waals surface area (Å²) in [4.78, 5) is 25.9. The normalized spacial score (nSPS) is 22.8. The molecule has 0 radical (unpaired) electrons. The number of piperidine rings is 1. The number of thiophene rings is 1. The molecular weight excluding hydrogens is 354 g/mol. The Balaban J connectivity index is 1.52. The van der Waals surface area contributed by atoms with Gasteiger partial charge in [0.1, 0.15) is 11.4 Å². The summed E-state index contributed by atoms with van der Waals surface area (Å²) in [6, 6.07) is 5.28. The van der Waals surface area contributed by atoms with Crippen LogP contribution < -0.4 is 15.5 Å². The smallest absolute Gasteiger partial charge is 0.322 e. The molecule has 2 saturated heterocycles. The highest BCUT2D eigenvalue weighted by molar-refractivity contribution is 7.08. The number of aromatic nitrogens is 4. The van der Waals surface area contributed by atoms with Gasteiger partial charge in [-0.25, -0.2) is 4.79 Å². The summed E-state index contributed by atoms with van der Waals surface area (Å²) >= 11 is 1.59. The van der Waals surface area contributed by atoms with Crippen LogP contribution in [0.1, 0.15) is 12.8 Å². The van der Waals surface area contributed by atoms with E-state index in [4.69, 9.17) is 5.10 Å². The number of carbonyl (C=O) groups excluding carboxylic acids is 2. The lowest BCUT2D eigenvalue weighted by Crippen LogP contribution is -2.58. The number of amides is 3. The number of imide groups is 1. The number of fused-ring (bicyclic) bond motifs is 1. The summed E-state index contributed by atoms with van der Waals surface area (Å²) in [7, 11) is 0. The van der Waals surface area contributed by atoms with Crippen LogP contribution in [0.15, 0.2) is 29.0 Å². The molecule has 10 heteroatoms. The summed E-state index contributed by atoms with van der Waals surface area (Å²) < 4.78 is 1.71. The zero-order chi connectivity index (χ0) is 17.7. The van der Waals surface area contributed by atoms with Crippen LogP contribution in [0.3, 0.4) is 0 Å². The Hall–Kier alpha value is -3.01. The zero-order valence-electron chi connectivity index (χ0n) is 13.7. The van der Waals surface area contributed by atoms with Crippen LogP contribution in [-0.4, -0.2) is 50.4 Å². The number of nitrogens with one attached hydrogen (secondary N) is 2. The van der Waals surface area contributed by atoms with Gasteiger partial charge < -0.3 is 10.2 Å². The summed E-state index contributed by atoms with van der Waals surface area (Å²) in [6.07, 6.45) is 1.41. The molecule has 2 N–H and O–H groups in total. The Kier molecular flexibility index (Phi) is 3.23. The quantitative estimate of drug-likeness (QED) is 0.654. The van der Waals surface area contributed by atoms with E-state index < -0.39 is 11.6 Å². The highest BCUT2D eigenvalue weighted by Gasteiger charge is 2.49. The van der Waals surface area contributed by atoms with Gasteiger partial charge in [0.15, 0.2) is 11.5 Å². The summed E-state index contributed by atoms with van der Waals surface area (Å²) in [6.45, 7) is 1.15. The molecule has 3 amide bonds. The molecule has 26 heavy (non-hydrogen) atoms. The van der Waals surface area contributed by atoms with E-state index in [1.165, 1.54) is 0 Å². The van der Waals surface area contributed by atoms with Crippen molar-refractivity contribution >= 4 is 34.7 Å². The number of urea groups is 1. The topological polar surface area (TPSA) is 105 Å². The Morgan fingerprint density at radius 1 is 1.19 bits per heavy atom. The van der Waals surface area contributed by atoms with E-state index in [9.17, 15) is 9.59 Å². The van der Waals surface area contributed by atoms with E-state index in [1.807, 2.05) is 33.9 Å². The maximum Gasteiger partial charge on any atom is 0.322 e. The van der Waals surface area contributed by atoms with Crippen molar-refractivity contribution in [2.24, 2.45) is 0 Å². The highest BCUT2D eigenvalue weighted by Crippen LogP contribution is 2.28. The van der Waals surface area contributed by atoms with Gasteiger partial charge in [-0.15, -0.1) is 15.3 Å². The van der Waals surface area contributed by atoms with Crippen molar-refractivity contribution < 1.29 is 9.59 Å². The Labute approximate surface area is 152 Å². The second kappa shape index (κ2) is 5.49. The summed E-state index contributed by atoms with van der Waals surface area (Å²) in [5.41, 5.74) is 0.744. The largest absolute Gasteiger partial charge is 0.352 e. The van der Waals surface area contributed by atoms with Gasteiger partial charge >= 0.3 is 6.03 Å². The minimum atomic E-state index is -0.880. The molecule has 9 nitrogen and oxygen atoms in total. The number of hydrogen-bond donors (Lipinski definition) is 2. The average molecular weight is 369 g/mol. The minimum absolute atomic E-state index is 0.267. The van der Waals surface area contributed by atoms with Gasteiger partial charge in [0, 0.05) is 17.5 Å². The molecular formula is C16H15N7O2S. The standard InChI is InChI=1S/C16H15N7O2S/c24-14-16(18-15(25)17-14)5-1-6-22(9-16)12-3-2-11-19-20-13(23(11)21-12)10-4-7-26-8-10/h2-4,7-8H,1,5-6,9H2,(H2,17,18,24,25). The van der Waals surface area contributed by atoms with Gasteiger partial charge in [0.25, 0.3) is 5.91 Å². The molecule has 0 saturated carbocycles. The number of rotatable bonds is 2. The molecule has 2 aliphatic heterocycles. The molecule has 2 fully saturated rings. The van der Waals surface area contributed by atoms with E-state index in [0.717, 1.165) is 24.3 Å².